The van der Waals surface area contributed by atoms with E-state index in [1.807, 2.05) is 32.6 Å². The van der Waals surface area contributed by atoms with Crippen LogP contribution >= 0.6 is 0 Å². The molecule has 44 heavy (non-hydrogen) atoms. The number of carbonyl (C=O) groups excluding carboxylic acids is 1. The summed E-state index contributed by atoms with van der Waals surface area (Å²) in [5.74, 6) is -1.66. The van der Waals surface area contributed by atoms with Gasteiger partial charge in [0.25, 0.3) is 5.91 Å². The second-order valence-electron chi connectivity index (χ2n) is 11.2. The number of anilines is 1. The highest BCUT2D eigenvalue weighted by atomic mass is 19.1. The van der Waals surface area contributed by atoms with E-state index >= 15 is 8.78 Å². The monoisotopic (exact) mass is 602 g/mol. The average Bonchev–Trinajstić information content (AvgIpc) is 3.05. The molecule has 12 heteroatoms. The molecule has 4 aromatic heterocycles. The lowest BCUT2D eigenvalue weighted by molar-refractivity contribution is -0.128. The maximum Gasteiger partial charge on any atom is 0.356 e. The quantitative estimate of drug-likeness (QED) is 0.246. The van der Waals surface area contributed by atoms with Crippen LogP contribution < -0.4 is 10.6 Å². The molecule has 5 aromatic rings. The summed E-state index contributed by atoms with van der Waals surface area (Å²) in [6.07, 6.45) is 1.55. The fourth-order valence-electron chi connectivity index (χ4n) is 5.79. The predicted molar refractivity (Wildman–Crippen MR) is 164 cm³/mol. The van der Waals surface area contributed by atoms with E-state index in [-0.39, 0.29) is 63.4 Å². The van der Waals surface area contributed by atoms with E-state index in [0.29, 0.717) is 43.0 Å². The molecule has 1 aliphatic rings. The van der Waals surface area contributed by atoms with Crippen molar-refractivity contribution in [1.82, 2.24) is 24.3 Å². The van der Waals surface area contributed by atoms with Gasteiger partial charge in [0.1, 0.15) is 28.3 Å². The Bertz CT molecular complexity index is 2050. The third-order valence-corrected chi connectivity index (χ3v) is 7.89. The fourth-order valence-corrected chi connectivity index (χ4v) is 5.79. The molecule has 0 N–H and O–H groups in total. The number of halogens is 2. The van der Waals surface area contributed by atoms with Gasteiger partial charge in [-0.1, -0.05) is 26.5 Å². The first kappa shape index (κ1) is 29.4. The highest BCUT2D eigenvalue weighted by molar-refractivity contribution is 5.99. The number of amides is 1. The van der Waals surface area contributed by atoms with Gasteiger partial charge in [0.15, 0.2) is 17.0 Å². The molecule has 0 spiro atoms. The largest absolute Gasteiger partial charge is 0.454 e. The lowest BCUT2D eigenvalue weighted by Gasteiger charge is -2.41. The topological polar surface area (TPSA) is 106 Å². The molecular weight excluding hydrogens is 570 g/mol. The third kappa shape index (κ3) is 4.88. The highest BCUT2D eigenvalue weighted by Gasteiger charge is 2.31. The van der Waals surface area contributed by atoms with Crippen molar-refractivity contribution in [3.05, 3.63) is 76.5 Å². The van der Waals surface area contributed by atoms with Crippen molar-refractivity contribution < 1.29 is 22.7 Å². The summed E-state index contributed by atoms with van der Waals surface area (Å²) in [6.45, 7) is 13.0. The molecule has 1 saturated heterocycles. The van der Waals surface area contributed by atoms with Crippen LogP contribution in [-0.2, 0) is 9.53 Å². The van der Waals surface area contributed by atoms with Crippen molar-refractivity contribution in [3.8, 4) is 0 Å². The maximum absolute atomic E-state index is 16.0. The van der Waals surface area contributed by atoms with Crippen LogP contribution in [0.15, 0.2) is 57.9 Å². The van der Waals surface area contributed by atoms with Crippen LogP contribution in [0.4, 0.5) is 14.6 Å². The van der Waals surface area contributed by atoms with E-state index in [0.717, 1.165) is 0 Å². The Balaban J connectivity index is 1.62. The van der Waals surface area contributed by atoms with Crippen LogP contribution in [-0.4, -0.2) is 69.0 Å². The summed E-state index contributed by atoms with van der Waals surface area (Å²) in [4.78, 5) is 44.1. The number of piperazine rings is 1. The summed E-state index contributed by atoms with van der Waals surface area (Å²) >= 11 is 0. The van der Waals surface area contributed by atoms with Crippen molar-refractivity contribution in [2.24, 2.45) is 0 Å². The summed E-state index contributed by atoms with van der Waals surface area (Å²) in [7, 11) is 0. The van der Waals surface area contributed by atoms with Crippen LogP contribution in [0.3, 0.4) is 0 Å². The van der Waals surface area contributed by atoms with Gasteiger partial charge in [-0.2, -0.15) is 4.98 Å². The lowest BCUT2D eigenvalue weighted by Crippen LogP contribution is -2.54. The van der Waals surface area contributed by atoms with Gasteiger partial charge in [0.05, 0.1) is 23.1 Å². The van der Waals surface area contributed by atoms with Crippen molar-refractivity contribution in [3.63, 3.8) is 0 Å². The second-order valence-corrected chi connectivity index (χ2v) is 11.2. The van der Waals surface area contributed by atoms with Gasteiger partial charge >= 0.3 is 5.69 Å². The molecule has 1 amide bonds. The summed E-state index contributed by atoms with van der Waals surface area (Å²) in [5.41, 5.74) is 0.571. The van der Waals surface area contributed by atoms with Gasteiger partial charge in [0, 0.05) is 50.1 Å². The second kappa shape index (κ2) is 11.4. The molecule has 0 saturated carbocycles. The number of aromatic nitrogens is 4. The van der Waals surface area contributed by atoms with E-state index in [2.05, 4.69) is 21.5 Å². The molecule has 0 radical (unpaired) electrons. The minimum Gasteiger partial charge on any atom is -0.454 e. The molecular formula is C32H32F2N6O4. The zero-order valence-corrected chi connectivity index (χ0v) is 24.9. The zero-order valence-electron chi connectivity index (χ0n) is 24.9. The van der Waals surface area contributed by atoms with Gasteiger partial charge in [-0.25, -0.2) is 23.0 Å². The SMILES string of the molecule is C=C(COCC)C(=O)N1CCN(c2nc(=O)n3c4nc(c(F)cc24)c2c(F)cccc2oc2ccnc(C(C)C)c23)[C@@H](C)C1. The molecule has 228 valence electrons. The molecule has 10 nitrogen and oxygen atoms in total. The number of rotatable bonds is 6. The van der Waals surface area contributed by atoms with Crippen molar-refractivity contribution in [2.75, 3.05) is 37.7 Å². The van der Waals surface area contributed by atoms with Crippen molar-refractivity contribution in [2.45, 2.75) is 39.7 Å². The van der Waals surface area contributed by atoms with Gasteiger partial charge in [0.2, 0.25) is 0 Å². The Morgan fingerprint density at radius 1 is 1.16 bits per heavy atom. The Morgan fingerprint density at radius 2 is 1.95 bits per heavy atom. The van der Waals surface area contributed by atoms with Gasteiger partial charge in [-0.05, 0) is 38.0 Å². The Labute approximate surface area is 251 Å². The van der Waals surface area contributed by atoms with Crippen molar-refractivity contribution in [1.29, 1.82) is 0 Å². The Hall–Kier alpha value is -4.71. The van der Waals surface area contributed by atoms with Gasteiger partial charge in [-0.15, -0.1) is 0 Å². The molecule has 5 heterocycles. The normalized spacial score (nSPS) is 15.7. The molecule has 1 aliphatic heterocycles. The predicted octanol–water partition coefficient (Wildman–Crippen LogP) is 5.13. The summed E-state index contributed by atoms with van der Waals surface area (Å²) in [6, 6.07) is 6.70. The minimum absolute atomic E-state index is 0.0484. The van der Waals surface area contributed by atoms with Crippen molar-refractivity contribution >= 4 is 50.3 Å². The molecule has 1 fully saturated rings. The Kier molecular flexibility index (Phi) is 7.62. The molecule has 0 aliphatic carbocycles. The van der Waals surface area contributed by atoms with Gasteiger partial charge in [-0.3, -0.25) is 9.78 Å². The van der Waals surface area contributed by atoms with E-state index < -0.39 is 17.3 Å². The van der Waals surface area contributed by atoms with Crippen LogP contribution in [0.5, 0.6) is 0 Å². The van der Waals surface area contributed by atoms with E-state index in [4.69, 9.17) is 9.15 Å². The number of benzene rings is 1. The van der Waals surface area contributed by atoms with Crippen LogP contribution in [0, 0.1) is 11.6 Å². The zero-order chi connectivity index (χ0) is 31.3. The number of fused-ring (bicyclic) bond motifs is 5. The van der Waals surface area contributed by atoms with E-state index in [1.165, 1.54) is 28.7 Å². The maximum atomic E-state index is 16.0. The number of ether oxygens (including phenoxy) is 1. The number of hydrogen-bond donors (Lipinski definition) is 0. The molecule has 0 unspecified atom stereocenters. The van der Waals surface area contributed by atoms with Gasteiger partial charge < -0.3 is 19.0 Å². The fraction of sp³-hybridized carbons (Fsp3) is 0.344. The van der Waals surface area contributed by atoms with E-state index in [1.54, 1.807) is 17.2 Å². The first-order valence-electron chi connectivity index (χ1n) is 14.5. The summed E-state index contributed by atoms with van der Waals surface area (Å²) in [5, 5.41) is 0.0929. The smallest absolute Gasteiger partial charge is 0.356 e. The first-order chi connectivity index (χ1) is 21.1. The first-order valence-corrected chi connectivity index (χ1v) is 14.5. The summed E-state index contributed by atoms with van der Waals surface area (Å²) < 4.78 is 44.1. The van der Waals surface area contributed by atoms with Crippen LogP contribution in [0.2, 0.25) is 0 Å². The minimum atomic E-state index is -0.803. The standard InChI is InChI=1S/C32H32F2N6O4/c1-6-43-16-18(4)31(41)38-12-13-39(19(5)15-38)29-20-14-22(34)27-25-21(33)8-7-9-23(25)44-24-10-11-35-26(17(2)3)28(24)40(30(20)36-27)32(42)37-29/h7-11,14,17,19H,4,6,12-13,15-16H2,1-3,5H3/t19-/m0/s1. The third-order valence-electron chi connectivity index (χ3n) is 7.89. The Morgan fingerprint density at radius 3 is 2.68 bits per heavy atom. The number of hydrogen-bond acceptors (Lipinski definition) is 8. The molecule has 2 bridgehead atoms. The average molecular weight is 603 g/mol. The molecule has 6 rings (SSSR count). The number of carbonyl (C=O) groups is 1. The van der Waals surface area contributed by atoms with Crippen LogP contribution in [0.1, 0.15) is 39.3 Å². The van der Waals surface area contributed by atoms with E-state index in [9.17, 15) is 9.59 Å². The lowest BCUT2D eigenvalue weighted by atomic mass is 10.1. The molecule has 1 aromatic carbocycles. The number of pyridine rings is 2. The van der Waals surface area contributed by atoms with Crippen LogP contribution in [0.25, 0.3) is 38.6 Å². The number of nitrogens with zero attached hydrogens (tertiary/aromatic N) is 6. The molecule has 1 atom stereocenters. The highest BCUT2D eigenvalue weighted by Crippen LogP contribution is 2.33.